The van der Waals surface area contributed by atoms with Crippen LogP contribution in [0.15, 0.2) is 0 Å². The summed E-state index contributed by atoms with van der Waals surface area (Å²) in [6, 6.07) is 0. The Morgan fingerprint density at radius 1 is 1.13 bits per heavy atom. The third-order valence-electron chi connectivity index (χ3n) is 1.96. The Kier molecular flexibility index (Phi) is 6.30. The molecule has 0 saturated carbocycles. The second-order valence-corrected chi connectivity index (χ2v) is 4.42. The third-order valence-corrected chi connectivity index (χ3v) is 3.48. The van der Waals surface area contributed by atoms with Crippen LogP contribution in [0.4, 0.5) is 0 Å². The summed E-state index contributed by atoms with van der Waals surface area (Å²) in [6.07, 6.45) is 0.439. The van der Waals surface area contributed by atoms with Gasteiger partial charge in [-0.15, -0.1) is 11.8 Å². The molecule has 0 aliphatic carbocycles. The fourth-order valence-electron chi connectivity index (χ4n) is 1.21. The first kappa shape index (κ1) is 14.2. The molecule has 0 heterocycles. The van der Waals surface area contributed by atoms with Gasteiger partial charge < -0.3 is 21.7 Å². The summed E-state index contributed by atoms with van der Waals surface area (Å²) in [5, 5.41) is 17.6. The largest absolute Gasteiger partial charge is 0.481 e. The molecular formula is C8H16N2O4S. The van der Waals surface area contributed by atoms with Gasteiger partial charge in [0.2, 0.25) is 0 Å². The summed E-state index contributed by atoms with van der Waals surface area (Å²) in [4.78, 5) is 21.5. The smallest absolute Gasteiger partial charge is 0.319 e. The number of aliphatic carboxylic acids is 2. The fraction of sp³-hybridized carbons (Fsp3) is 0.750. The van der Waals surface area contributed by atoms with E-state index in [1.807, 2.05) is 0 Å². The predicted molar refractivity (Wildman–Crippen MR) is 57.8 cm³/mol. The Labute approximate surface area is 92.0 Å². The standard InChI is InChI=1S/C8H16N2O4S/c9-3-1-8(2-4-10,7(13)14)15-5-6(11)12/h1-5,9-10H2,(H,11,12)(H,13,14). The van der Waals surface area contributed by atoms with Crippen LogP contribution in [0.25, 0.3) is 0 Å². The van der Waals surface area contributed by atoms with Crippen molar-refractivity contribution in [3.8, 4) is 0 Å². The maximum Gasteiger partial charge on any atom is 0.319 e. The molecule has 0 aromatic rings. The summed E-state index contributed by atoms with van der Waals surface area (Å²) >= 11 is 0.875. The zero-order valence-electron chi connectivity index (χ0n) is 8.31. The molecule has 0 aromatic carbocycles. The first-order valence-electron chi connectivity index (χ1n) is 4.48. The van der Waals surface area contributed by atoms with E-state index in [1.165, 1.54) is 0 Å². The lowest BCUT2D eigenvalue weighted by atomic mass is 10.0. The fourth-order valence-corrected chi connectivity index (χ4v) is 2.26. The van der Waals surface area contributed by atoms with Gasteiger partial charge in [0, 0.05) is 0 Å². The normalized spacial score (nSPS) is 11.3. The highest BCUT2D eigenvalue weighted by Gasteiger charge is 2.38. The highest BCUT2D eigenvalue weighted by Crippen LogP contribution is 2.32. The number of carboxylic acid groups (broad SMARTS) is 2. The van der Waals surface area contributed by atoms with Crippen molar-refractivity contribution in [3.63, 3.8) is 0 Å². The van der Waals surface area contributed by atoms with Gasteiger partial charge in [0.05, 0.1) is 5.75 Å². The lowest BCUT2D eigenvalue weighted by molar-refractivity contribution is -0.140. The van der Waals surface area contributed by atoms with Crippen molar-refractivity contribution in [2.45, 2.75) is 17.6 Å². The molecule has 0 saturated heterocycles. The second kappa shape index (κ2) is 6.65. The van der Waals surface area contributed by atoms with Gasteiger partial charge in [-0.1, -0.05) is 0 Å². The minimum Gasteiger partial charge on any atom is -0.481 e. The Bertz CT molecular complexity index is 229. The molecule has 0 aromatic heterocycles. The highest BCUT2D eigenvalue weighted by molar-refractivity contribution is 8.02. The van der Waals surface area contributed by atoms with E-state index in [-0.39, 0.29) is 31.7 Å². The van der Waals surface area contributed by atoms with Crippen LogP contribution >= 0.6 is 11.8 Å². The second-order valence-electron chi connectivity index (χ2n) is 3.06. The molecule has 0 amide bonds. The Hall–Kier alpha value is -0.790. The van der Waals surface area contributed by atoms with Gasteiger partial charge in [0.25, 0.3) is 0 Å². The third kappa shape index (κ3) is 4.50. The van der Waals surface area contributed by atoms with Crippen LogP contribution in [-0.4, -0.2) is 45.7 Å². The molecule has 0 radical (unpaired) electrons. The quantitative estimate of drug-likeness (QED) is 0.440. The number of carbonyl (C=O) groups is 2. The molecule has 7 heteroatoms. The summed E-state index contributed by atoms with van der Waals surface area (Å²) in [5.74, 6) is -2.35. The van der Waals surface area contributed by atoms with Crippen LogP contribution in [0, 0.1) is 0 Å². The maximum absolute atomic E-state index is 11.1. The van der Waals surface area contributed by atoms with Gasteiger partial charge in [-0.05, 0) is 25.9 Å². The monoisotopic (exact) mass is 236 g/mol. The van der Waals surface area contributed by atoms with E-state index in [2.05, 4.69) is 0 Å². The van der Waals surface area contributed by atoms with Crippen LogP contribution in [0.1, 0.15) is 12.8 Å². The zero-order valence-corrected chi connectivity index (χ0v) is 9.13. The molecule has 0 unspecified atom stereocenters. The van der Waals surface area contributed by atoms with Crippen LogP contribution in [0.2, 0.25) is 0 Å². The molecular weight excluding hydrogens is 220 g/mol. The lowest BCUT2D eigenvalue weighted by Gasteiger charge is -2.27. The number of rotatable bonds is 8. The molecule has 0 rings (SSSR count). The van der Waals surface area contributed by atoms with Gasteiger partial charge in [0.15, 0.2) is 0 Å². The van der Waals surface area contributed by atoms with Crippen LogP contribution in [0.5, 0.6) is 0 Å². The van der Waals surface area contributed by atoms with Gasteiger partial charge in [0.1, 0.15) is 4.75 Å². The molecule has 88 valence electrons. The first-order valence-corrected chi connectivity index (χ1v) is 5.46. The lowest BCUT2D eigenvalue weighted by Crippen LogP contribution is -2.40. The van der Waals surface area contributed by atoms with Crippen molar-refractivity contribution >= 4 is 23.7 Å². The highest BCUT2D eigenvalue weighted by atomic mass is 32.2. The van der Waals surface area contributed by atoms with Crippen LogP contribution < -0.4 is 11.5 Å². The minimum absolute atomic E-state index is 0.193. The van der Waals surface area contributed by atoms with Gasteiger partial charge in [-0.25, -0.2) is 0 Å². The van der Waals surface area contributed by atoms with E-state index in [0.29, 0.717) is 0 Å². The van der Waals surface area contributed by atoms with E-state index in [9.17, 15) is 9.59 Å². The first-order chi connectivity index (χ1) is 6.98. The maximum atomic E-state index is 11.1. The van der Waals surface area contributed by atoms with Crippen molar-refractivity contribution in [3.05, 3.63) is 0 Å². The number of hydrogen-bond donors (Lipinski definition) is 4. The topological polar surface area (TPSA) is 127 Å². The Morgan fingerprint density at radius 2 is 1.60 bits per heavy atom. The van der Waals surface area contributed by atoms with E-state index >= 15 is 0 Å². The summed E-state index contributed by atoms with van der Waals surface area (Å²) in [7, 11) is 0. The van der Waals surface area contributed by atoms with E-state index in [1.54, 1.807) is 0 Å². The molecule has 6 N–H and O–H groups in total. The number of thioether (sulfide) groups is 1. The van der Waals surface area contributed by atoms with Crippen molar-refractivity contribution in [1.82, 2.24) is 0 Å². The zero-order chi connectivity index (χ0) is 11.9. The van der Waals surface area contributed by atoms with Crippen LogP contribution in [0.3, 0.4) is 0 Å². The SMILES string of the molecule is NCCC(CCN)(SCC(=O)O)C(=O)O. The molecule has 6 nitrogen and oxygen atoms in total. The number of hydrogen-bond acceptors (Lipinski definition) is 5. The Balaban J connectivity index is 4.61. The summed E-state index contributed by atoms with van der Waals surface area (Å²) in [6.45, 7) is 0.387. The van der Waals surface area contributed by atoms with Crippen molar-refractivity contribution in [1.29, 1.82) is 0 Å². The van der Waals surface area contributed by atoms with Crippen molar-refractivity contribution in [2.24, 2.45) is 11.5 Å². The Morgan fingerprint density at radius 3 is 1.87 bits per heavy atom. The van der Waals surface area contributed by atoms with E-state index in [4.69, 9.17) is 21.7 Å². The summed E-state index contributed by atoms with van der Waals surface area (Å²) in [5.41, 5.74) is 10.6. The van der Waals surface area contributed by atoms with E-state index < -0.39 is 16.7 Å². The number of carboxylic acids is 2. The molecule has 0 atom stereocenters. The molecule has 0 aliphatic rings. The minimum atomic E-state index is -1.16. The molecule has 0 fully saturated rings. The van der Waals surface area contributed by atoms with E-state index in [0.717, 1.165) is 11.8 Å². The van der Waals surface area contributed by atoms with Crippen molar-refractivity contribution < 1.29 is 19.8 Å². The molecule has 15 heavy (non-hydrogen) atoms. The molecule has 0 bridgehead atoms. The van der Waals surface area contributed by atoms with Gasteiger partial charge in [-0.3, -0.25) is 9.59 Å². The van der Waals surface area contributed by atoms with Gasteiger partial charge in [-0.2, -0.15) is 0 Å². The average Bonchev–Trinajstić information content (AvgIpc) is 2.14. The van der Waals surface area contributed by atoms with Crippen molar-refractivity contribution in [2.75, 3.05) is 18.8 Å². The predicted octanol–water partition coefficient (Wildman–Crippen LogP) is -0.675. The molecule has 0 aliphatic heterocycles. The summed E-state index contributed by atoms with van der Waals surface area (Å²) < 4.78 is -1.16. The number of nitrogens with two attached hydrogens (primary N) is 2. The van der Waals surface area contributed by atoms with Gasteiger partial charge >= 0.3 is 11.9 Å². The van der Waals surface area contributed by atoms with Crippen LogP contribution in [-0.2, 0) is 9.59 Å². The average molecular weight is 236 g/mol. The molecule has 0 spiro atoms.